The second-order valence-electron chi connectivity index (χ2n) is 5.64. The summed E-state index contributed by atoms with van der Waals surface area (Å²) in [5.74, 6) is 0.605. The lowest BCUT2D eigenvalue weighted by atomic mass is 10.1. The van der Waals surface area contributed by atoms with Crippen molar-refractivity contribution in [1.29, 1.82) is 0 Å². The second-order valence-corrected chi connectivity index (χ2v) is 5.64. The van der Waals surface area contributed by atoms with Crippen LogP contribution in [0.3, 0.4) is 0 Å². The average Bonchev–Trinajstić information content (AvgIpc) is 2.97. The number of carbonyl (C=O) groups is 1. The molecule has 2 aromatic rings. The van der Waals surface area contributed by atoms with E-state index in [9.17, 15) is 4.79 Å². The minimum absolute atomic E-state index is 0.202. The highest BCUT2D eigenvalue weighted by Gasteiger charge is 2.13. The fourth-order valence-electron chi connectivity index (χ4n) is 2.53. The van der Waals surface area contributed by atoms with E-state index in [0.29, 0.717) is 17.0 Å². The average molecular weight is 329 g/mol. The normalized spacial score (nSPS) is 16.1. The van der Waals surface area contributed by atoms with Crippen LogP contribution in [0.15, 0.2) is 29.3 Å². The molecule has 0 aliphatic carbocycles. The Morgan fingerprint density at radius 3 is 2.71 bits per heavy atom. The van der Waals surface area contributed by atoms with Crippen LogP contribution in [0.5, 0.6) is 17.5 Å². The monoisotopic (exact) mass is 329 g/mol. The first-order chi connectivity index (χ1) is 11.5. The van der Waals surface area contributed by atoms with Crippen molar-refractivity contribution in [2.45, 2.75) is 26.3 Å². The summed E-state index contributed by atoms with van der Waals surface area (Å²) in [6, 6.07) is 7.20. The van der Waals surface area contributed by atoms with E-state index in [0.717, 1.165) is 11.8 Å². The Kier molecular flexibility index (Phi) is 4.50. The maximum atomic E-state index is 11.9. The summed E-state index contributed by atoms with van der Waals surface area (Å²) in [5.41, 5.74) is 1.81. The highest BCUT2D eigenvalue weighted by Crippen LogP contribution is 2.17. The third-order valence-electron chi connectivity index (χ3n) is 3.65. The van der Waals surface area contributed by atoms with Crippen LogP contribution in [0.2, 0.25) is 0 Å². The Bertz CT molecular complexity index is 855. The van der Waals surface area contributed by atoms with Gasteiger partial charge >= 0.3 is 5.97 Å². The fraction of sp³-hybridized carbons (Fsp3) is 0.353. The van der Waals surface area contributed by atoms with E-state index in [1.165, 1.54) is 5.57 Å². The van der Waals surface area contributed by atoms with Crippen molar-refractivity contribution in [3.63, 3.8) is 0 Å². The van der Waals surface area contributed by atoms with Crippen molar-refractivity contribution in [3.8, 4) is 17.5 Å². The number of hydrogen-bond acceptors (Lipinski definition) is 6. The fourth-order valence-corrected chi connectivity index (χ4v) is 2.53. The number of methoxy groups -OCH3 is 1. The molecule has 0 fully saturated rings. The molecular formula is C17H19N3O4. The number of nitrogens with zero attached hydrogens (tertiary/aromatic N) is 2. The first kappa shape index (κ1) is 16.0. The molecule has 1 unspecified atom stereocenters. The van der Waals surface area contributed by atoms with Gasteiger partial charge in [0, 0.05) is 0 Å². The SMILES string of the molecule is COc1ccc(OC(=O)COc2nc3c([nH]2)=C(C)CC(C)N=3)cc1. The van der Waals surface area contributed by atoms with Crippen molar-refractivity contribution in [2.75, 3.05) is 13.7 Å². The zero-order valence-electron chi connectivity index (χ0n) is 13.8. The zero-order chi connectivity index (χ0) is 17.1. The Labute approximate surface area is 139 Å². The minimum Gasteiger partial charge on any atom is -0.497 e. The minimum atomic E-state index is -0.513. The standard InChI is InChI=1S/C17H19N3O4/c1-10-8-11(2)18-16-15(10)19-17(20-16)23-9-14(21)24-13-6-4-12(22-3)5-7-13/h4-7,11H,8-9H2,1-3H3,(H,18,19,20). The molecule has 126 valence electrons. The summed E-state index contributed by atoms with van der Waals surface area (Å²) in [6.07, 6.45) is 0.883. The van der Waals surface area contributed by atoms with E-state index < -0.39 is 5.97 Å². The van der Waals surface area contributed by atoms with Gasteiger partial charge in [0.15, 0.2) is 12.1 Å². The van der Waals surface area contributed by atoms with Gasteiger partial charge in [0.2, 0.25) is 0 Å². The maximum absolute atomic E-state index is 11.9. The largest absolute Gasteiger partial charge is 0.497 e. The van der Waals surface area contributed by atoms with Crippen LogP contribution in [0.25, 0.3) is 5.57 Å². The molecule has 0 bridgehead atoms. The summed E-state index contributed by atoms with van der Waals surface area (Å²) < 4.78 is 15.6. The lowest BCUT2D eigenvalue weighted by molar-refractivity contribution is -0.136. The molecule has 1 aromatic heterocycles. The molecule has 0 spiro atoms. The number of imidazole rings is 1. The van der Waals surface area contributed by atoms with Crippen molar-refractivity contribution in [3.05, 3.63) is 35.1 Å². The highest BCUT2D eigenvalue weighted by molar-refractivity contribution is 5.73. The molecule has 0 amide bonds. The molecule has 7 heteroatoms. The molecule has 24 heavy (non-hydrogen) atoms. The molecular weight excluding hydrogens is 310 g/mol. The predicted molar refractivity (Wildman–Crippen MR) is 86.7 cm³/mol. The molecule has 0 radical (unpaired) electrons. The van der Waals surface area contributed by atoms with Crippen molar-refractivity contribution >= 4 is 11.5 Å². The van der Waals surface area contributed by atoms with E-state index in [2.05, 4.69) is 15.0 Å². The van der Waals surface area contributed by atoms with Gasteiger partial charge in [-0.2, -0.15) is 4.98 Å². The van der Waals surface area contributed by atoms with Gasteiger partial charge in [-0.25, -0.2) is 4.79 Å². The Balaban J connectivity index is 1.62. The number of benzene rings is 1. The number of nitrogens with one attached hydrogen (secondary N) is 1. The Morgan fingerprint density at radius 2 is 2.00 bits per heavy atom. The van der Waals surface area contributed by atoms with Crippen LogP contribution in [0.4, 0.5) is 0 Å². The van der Waals surface area contributed by atoms with Gasteiger partial charge in [-0.1, -0.05) is 0 Å². The summed E-state index contributed by atoms with van der Waals surface area (Å²) in [6.45, 7) is 3.82. The number of esters is 1. The first-order valence-corrected chi connectivity index (χ1v) is 7.66. The van der Waals surface area contributed by atoms with Gasteiger partial charge in [-0.15, -0.1) is 0 Å². The molecule has 2 heterocycles. The number of hydrogen-bond donors (Lipinski definition) is 1. The molecule has 3 rings (SSSR count). The van der Waals surface area contributed by atoms with E-state index in [-0.39, 0.29) is 18.7 Å². The smallest absolute Gasteiger partial charge is 0.349 e. The topological polar surface area (TPSA) is 85.8 Å². The molecule has 1 aliphatic heterocycles. The van der Waals surface area contributed by atoms with Crippen LogP contribution < -0.4 is 25.0 Å². The summed E-state index contributed by atoms with van der Waals surface area (Å²) in [5, 5.41) is 0.867. The maximum Gasteiger partial charge on any atom is 0.349 e. The van der Waals surface area contributed by atoms with Crippen LogP contribution >= 0.6 is 0 Å². The number of carbonyl (C=O) groups excluding carboxylic acids is 1. The molecule has 1 atom stereocenters. The van der Waals surface area contributed by atoms with Gasteiger partial charge < -0.3 is 19.2 Å². The van der Waals surface area contributed by atoms with Crippen molar-refractivity contribution < 1.29 is 19.0 Å². The molecule has 1 N–H and O–H groups in total. The lowest BCUT2D eigenvalue weighted by Crippen LogP contribution is -2.33. The predicted octanol–water partition coefficient (Wildman–Crippen LogP) is 0.985. The van der Waals surface area contributed by atoms with Gasteiger partial charge in [0.05, 0.1) is 18.5 Å². The number of aromatic amines is 1. The Morgan fingerprint density at radius 1 is 1.29 bits per heavy atom. The molecule has 7 nitrogen and oxygen atoms in total. The summed E-state index contributed by atoms with van der Waals surface area (Å²) in [7, 11) is 1.57. The van der Waals surface area contributed by atoms with Crippen molar-refractivity contribution in [1.82, 2.24) is 9.97 Å². The summed E-state index contributed by atoms with van der Waals surface area (Å²) in [4.78, 5) is 23.6. The summed E-state index contributed by atoms with van der Waals surface area (Å²) >= 11 is 0. The van der Waals surface area contributed by atoms with Crippen LogP contribution in [-0.4, -0.2) is 35.7 Å². The van der Waals surface area contributed by atoms with E-state index in [4.69, 9.17) is 14.2 Å². The number of H-pyrrole nitrogens is 1. The molecule has 1 aliphatic rings. The molecule has 0 saturated heterocycles. The number of aromatic nitrogens is 2. The molecule has 0 saturated carbocycles. The number of rotatable bonds is 5. The third-order valence-corrected chi connectivity index (χ3v) is 3.65. The quantitative estimate of drug-likeness (QED) is 0.653. The van der Waals surface area contributed by atoms with Gasteiger partial charge in [-0.05, 0) is 50.1 Å². The van der Waals surface area contributed by atoms with Gasteiger partial charge in [0.1, 0.15) is 11.5 Å². The highest BCUT2D eigenvalue weighted by atomic mass is 16.6. The second kappa shape index (κ2) is 6.74. The van der Waals surface area contributed by atoms with Crippen molar-refractivity contribution in [2.24, 2.45) is 4.99 Å². The van der Waals surface area contributed by atoms with Gasteiger partial charge in [-0.3, -0.25) is 4.99 Å². The number of fused-ring (bicyclic) bond motifs is 1. The van der Waals surface area contributed by atoms with E-state index >= 15 is 0 Å². The van der Waals surface area contributed by atoms with Crippen LogP contribution in [0.1, 0.15) is 20.3 Å². The molecule has 1 aromatic carbocycles. The van der Waals surface area contributed by atoms with E-state index in [1.807, 2.05) is 13.8 Å². The number of ether oxygens (including phenoxy) is 3. The third kappa shape index (κ3) is 3.56. The van der Waals surface area contributed by atoms with Gasteiger partial charge in [0.25, 0.3) is 6.01 Å². The van der Waals surface area contributed by atoms with Crippen LogP contribution in [-0.2, 0) is 4.79 Å². The Hall–Kier alpha value is -2.83. The zero-order valence-corrected chi connectivity index (χ0v) is 13.8. The lowest BCUT2D eigenvalue weighted by Gasteiger charge is -2.08. The van der Waals surface area contributed by atoms with Crippen LogP contribution in [0, 0.1) is 0 Å². The van der Waals surface area contributed by atoms with E-state index in [1.54, 1.807) is 31.4 Å². The first-order valence-electron chi connectivity index (χ1n) is 7.66.